The van der Waals surface area contributed by atoms with E-state index in [9.17, 15) is 8.42 Å². The average molecular weight is 282 g/mol. The number of hydrogen-bond acceptors (Lipinski definition) is 3. The number of rotatable bonds is 4. The molecule has 0 spiro atoms. The van der Waals surface area contributed by atoms with Crippen LogP contribution < -0.4 is 5.73 Å². The Morgan fingerprint density at radius 2 is 2.16 bits per heavy atom. The van der Waals surface area contributed by atoms with Gasteiger partial charge in [0, 0.05) is 13.1 Å². The Balaban J connectivity index is 2.28. The Bertz CT molecular complexity index is 556. The zero-order valence-corrected chi connectivity index (χ0v) is 12.4. The second-order valence-corrected chi connectivity index (χ2v) is 7.54. The fraction of sp³-hybridized carbons (Fsp3) is 0.571. The van der Waals surface area contributed by atoms with Crippen molar-refractivity contribution in [3.63, 3.8) is 0 Å². The average Bonchev–Trinajstić information content (AvgIpc) is 2.83. The molecule has 1 aromatic carbocycles. The molecule has 1 heterocycles. The standard InChI is InChI=1S/C14H22N2O2S/c1-3-12-5-4-6-13(9-12)19(17,18)16-8-7-14(2,10-15)11-16/h4-6,9H,3,7-8,10-11,15H2,1-2H3. The van der Waals surface area contributed by atoms with Gasteiger partial charge in [0.1, 0.15) is 0 Å². The first-order valence-electron chi connectivity index (χ1n) is 6.70. The lowest BCUT2D eigenvalue weighted by molar-refractivity contribution is 0.349. The van der Waals surface area contributed by atoms with E-state index < -0.39 is 10.0 Å². The van der Waals surface area contributed by atoms with Gasteiger partial charge in [0.25, 0.3) is 0 Å². The van der Waals surface area contributed by atoms with E-state index >= 15 is 0 Å². The first-order valence-corrected chi connectivity index (χ1v) is 8.14. The molecule has 0 aromatic heterocycles. The number of nitrogens with zero attached hydrogens (tertiary/aromatic N) is 1. The molecular formula is C14H22N2O2S. The van der Waals surface area contributed by atoms with Crippen LogP contribution in [-0.2, 0) is 16.4 Å². The summed E-state index contributed by atoms with van der Waals surface area (Å²) in [5.41, 5.74) is 6.69. The maximum atomic E-state index is 12.6. The van der Waals surface area contributed by atoms with Crippen LogP contribution in [0.2, 0.25) is 0 Å². The highest BCUT2D eigenvalue weighted by atomic mass is 32.2. The molecule has 1 atom stereocenters. The lowest BCUT2D eigenvalue weighted by atomic mass is 9.90. The first kappa shape index (κ1) is 14.5. The third-order valence-electron chi connectivity index (χ3n) is 3.96. The molecule has 106 valence electrons. The number of hydrogen-bond donors (Lipinski definition) is 1. The van der Waals surface area contributed by atoms with E-state index in [0.29, 0.717) is 24.5 Å². The lowest BCUT2D eigenvalue weighted by Gasteiger charge is -2.22. The van der Waals surface area contributed by atoms with E-state index in [4.69, 9.17) is 5.73 Å². The zero-order valence-electron chi connectivity index (χ0n) is 11.6. The number of aryl methyl sites for hydroxylation is 1. The van der Waals surface area contributed by atoms with Gasteiger partial charge < -0.3 is 5.73 Å². The van der Waals surface area contributed by atoms with Crippen LogP contribution in [0.1, 0.15) is 25.8 Å². The quantitative estimate of drug-likeness (QED) is 0.912. The van der Waals surface area contributed by atoms with Crippen LogP contribution in [0, 0.1) is 5.41 Å². The molecule has 0 radical (unpaired) electrons. The Morgan fingerprint density at radius 1 is 1.42 bits per heavy atom. The molecule has 1 saturated heterocycles. The molecule has 19 heavy (non-hydrogen) atoms. The molecule has 1 aliphatic heterocycles. The van der Waals surface area contributed by atoms with Crippen LogP contribution in [0.25, 0.3) is 0 Å². The van der Waals surface area contributed by atoms with E-state index in [2.05, 4.69) is 0 Å². The molecule has 4 nitrogen and oxygen atoms in total. The third kappa shape index (κ3) is 2.83. The highest BCUT2D eigenvalue weighted by Gasteiger charge is 2.38. The van der Waals surface area contributed by atoms with Crippen molar-refractivity contribution in [1.29, 1.82) is 0 Å². The number of benzene rings is 1. The molecule has 2 rings (SSSR count). The van der Waals surface area contributed by atoms with Crippen LogP contribution >= 0.6 is 0 Å². The second-order valence-electron chi connectivity index (χ2n) is 5.60. The molecule has 1 unspecified atom stereocenters. The second kappa shape index (κ2) is 5.23. The van der Waals surface area contributed by atoms with Crippen LogP contribution in [-0.4, -0.2) is 32.4 Å². The smallest absolute Gasteiger partial charge is 0.243 e. The minimum absolute atomic E-state index is 0.0879. The zero-order chi connectivity index (χ0) is 14.1. The van der Waals surface area contributed by atoms with Gasteiger partial charge in [-0.05, 0) is 42.5 Å². The maximum Gasteiger partial charge on any atom is 0.243 e. The number of nitrogens with two attached hydrogens (primary N) is 1. The minimum Gasteiger partial charge on any atom is -0.330 e. The molecule has 5 heteroatoms. The summed E-state index contributed by atoms with van der Waals surface area (Å²) in [5, 5.41) is 0. The summed E-state index contributed by atoms with van der Waals surface area (Å²) in [4.78, 5) is 0.396. The monoisotopic (exact) mass is 282 g/mol. The van der Waals surface area contributed by atoms with Gasteiger partial charge in [0.2, 0.25) is 10.0 Å². The molecule has 2 N–H and O–H groups in total. The van der Waals surface area contributed by atoms with E-state index in [1.165, 1.54) is 0 Å². The van der Waals surface area contributed by atoms with Crippen LogP contribution in [0.3, 0.4) is 0 Å². The van der Waals surface area contributed by atoms with Gasteiger partial charge >= 0.3 is 0 Å². The van der Waals surface area contributed by atoms with E-state index in [1.54, 1.807) is 16.4 Å². The predicted octanol–water partition coefficient (Wildman–Crippen LogP) is 1.61. The van der Waals surface area contributed by atoms with Crippen LogP contribution in [0.5, 0.6) is 0 Å². The Kier molecular flexibility index (Phi) is 3.99. The van der Waals surface area contributed by atoms with Gasteiger partial charge in [-0.2, -0.15) is 4.31 Å². The maximum absolute atomic E-state index is 12.6. The van der Waals surface area contributed by atoms with Crippen molar-refractivity contribution in [2.75, 3.05) is 19.6 Å². The molecule has 1 aliphatic rings. The number of sulfonamides is 1. The predicted molar refractivity (Wildman–Crippen MR) is 76.4 cm³/mol. The van der Waals surface area contributed by atoms with Crippen LogP contribution in [0.15, 0.2) is 29.2 Å². The summed E-state index contributed by atoms with van der Waals surface area (Å²) in [5.74, 6) is 0. The van der Waals surface area contributed by atoms with Crippen molar-refractivity contribution in [3.05, 3.63) is 29.8 Å². The molecule has 1 fully saturated rings. The van der Waals surface area contributed by atoms with Crippen molar-refractivity contribution in [2.24, 2.45) is 11.1 Å². The Labute approximate surface area is 115 Å². The van der Waals surface area contributed by atoms with Crippen molar-refractivity contribution in [2.45, 2.75) is 31.6 Å². The molecular weight excluding hydrogens is 260 g/mol. The molecule has 0 amide bonds. The van der Waals surface area contributed by atoms with Crippen molar-refractivity contribution in [3.8, 4) is 0 Å². The fourth-order valence-electron chi connectivity index (χ4n) is 2.43. The van der Waals surface area contributed by atoms with Crippen molar-refractivity contribution < 1.29 is 8.42 Å². The van der Waals surface area contributed by atoms with Crippen LogP contribution in [0.4, 0.5) is 0 Å². The fourth-order valence-corrected chi connectivity index (χ4v) is 4.09. The molecule has 0 bridgehead atoms. The molecule has 0 saturated carbocycles. The van der Waals surface area contributed by atoms with Gasteiger partial charge in [-0.1, -0.05) is 26.0 Å². The normalized spacial score (nSPS) is 24.8. The summed E-state index contributed by atoms with van der Waals surface area (Å²) in [6.07, 6.45) is 1.67. The van der Waals surface area contributed by atoms with Gasteiger partial charge in [-0.15, -0.1) is 0 Å². The van der Waals surface area contributed by atoms with Gasteiger partial charge in [0.05, 0.1) is 4.90 Å². The van der Waals surface area contributed by atoms with E-state index in [0.717, 1.165) is 18.4 Å². The summed E-state index contributed by atoms with van der Waals surface area (Å²) in [6, 6.07) is 7.21. The summed E-state index contributed by atoms with van der Waals surface area (Å²) in [7, 11) is -3.37. The first-order chi connectivity index (χ1) is 8.91. The summed E-state index contributed by atoms with van der Waals surface area (Å²) >= 11 is 0. The summed E-state index contributed by atoms with van der Waals surface area (Å²) < 4.78 is 26.7. The minimum atomic E-state index is -3.37. The van der Waals surface area contributed by atoms with Gasteiger partial charge in [0.15, 0.2) is 0 Å². The van der Waals surface area contributed by atoms with Crippen molar-refractivity contribution >= 4 is 10.0 Å². The van der Waals surface area contributed by atoms with Gasteiger partial charge in [-0.25, -0.2) is 8.42 Å². The Morgan fingerprint density at radius 3 is 2.74 bits per heavy atom. The van der Waals surface area contributed by atoms with E-state index in [-0.39, 0.29) is 5.41 Å². The van der Waals surface area contributed by atoms with E-state index in [1.807, 2.05) is 26.0 Å². The third-order valence-corrected chi connectivity index (χ3v) is 5.80. The highest BCUT2D eigenvalue weighted by Crippen LogP contribution is 2.32. The van der Waals surface area contributed by atoms with Gasteiger partial charge in [-0.3, -0.25) is 0 Å². The summed E-state index contributed by atoms with van der Waals surface area (Å²) in [6.45, 7) is 5.67. The largest absolute Gasteiger partial charge is 0.330 e. The van der Waals surface area contributed by atoms with Crippen molar-refractivity contribution in [1.82, 2.24) is 4.31 Å². The SMILES string of the molecule is CCc1cccc(S(=O)(=O)N2CCC(C)(CN)C2)c1. The lowest BCUT2D eigenvalue weighted by Crippen LogP contribution is -2.34. The molecule has 0 aliphatic carbocycles. The Hall–Kier alpha value is -0.910. The highest BCUT2D eigenvalue weighted by molar-refractivity contribution is 7.89. The molecule has 1 aromatic rings. The topological polar surface area (TPSA) is 63.4 Å².